The summed E-state index contributed by atoms with van der Waals surface area (Å²) in [6, 6.07) is 0. The standard InChI is InChI=1S/C8H10N/c1-2-6-9-7-4-3-5-8-9/h1,3H,4,6-8H2. The molecule has 0 saturated heterocycles. The van der Waals surface area contributed by atoms with Gasteiger partial charge in [-0.3, -0.25) is 4.90 Å². The first kappa shape index (κ1) is 6.38. The Bertz CT molecular complexity index is 141. The van der Waals surface area contributed by atoms with Gasteiger partial charge in [0.15, 0.2) is 0 Å². The van der Waals surface area contributed by atoms with Crippen LogP contribution in [0.25, 0.3) is 0 Å². The average Bonchev–Trinajstić information content (AvgIpc) is 1.91. The molecule has 0 saturated carbocycles. The van der Waals surface area contributed by atoms with Crippen LogP contribution in [-0.2, 0) is 0 Å². The van der Waals surface area contributed by atoms with Gasteiger partial charge in [0.2, 0.25) is 0 Å². The Labute approximate surface area is 56.4 Å². The zero-order valence-corrected chi connectivity index (χ0v) is 5.43. The van der Waals surface area contributed by atoms with Crippen LogP contribution in [0.4, 0.5) is 0 Å². The first-order valence-corrected chi connectivity index (χ1v) is 3.14. The molecule has 9 heavy (non-hydrogen) atoms. The molecule has 0 aromatic heterocycles. The van der Waals surface area contributed by atoms with E-state index in [-0.39, 0.29) is 0 Å². The van der Waals surface area contributed by atoms with Gasteiger partial charge in [-0.1, -0.05) is 12.0 Å². The molecular weight excluding hydrogens is 110 g/mol. The van der Waals surface area contributed by atoms with E-state index in [0.29, 0.717) is 0 Å². The van der Waals surface area contributed by atoms with Gasteiger partial charge in [-0.15, -0.1) is 6.42 Å². The molecular formula is C8H10N. The van der Waals surface area contributed by atoms with Crippen LogP contribution in [0.3, 0.4) is 0 Å². The monoisotopic (exact) mass is 120 g/mol. The molecule has 47 valence electrons. The van der Waals surface area contributed by atoms with Crippen LogP contribution in [-0.4, -0.2) is 24.5 Å². The lowest BCUT2D eigenvalue weighted by Gasteiger charge is -2.19. The Kier molecular flexibility index (Phi) is 2.35. The summed E-state index contributed by atoms with van der Waals surface area (Å²) in [5.74, 6) is 2.61. The fourth-order valence-corrected chi connectivity index (χ4v) is 0.886. The van der Waals surface area contributed by atoms with E-state index in [0.717, 1.165) is 26.1 Å². The number of terminal acetylenes is 1. The second-order valence-corrected chi connectivity index (χ2v) is 2.11. The number of hydrogen-bond donors (Lipinski definition) is 0. The first-order chi connectivity index (χ1) is 4.43. The molecule has 1 rings (SSSR count). The summed E-state index contributed by atoms with van der Waals surface area (Å²) in [7, 11) is 0. The van der Waals surface area contributed by atoms with Gasteiger partial charge in [-0.25, -0.2) is 0 Å². The third kappa shape index (κ3) is 1.91. The normalized spacial score (nSPS) is 19.4. The molecule has 0 amide bonds. The Balaban J connectivity index is 2.28. The Morgan fingerprint density at radius 1 is 1.78 bits per heavy atom. The van der Waals surface area contributed by atoms with Crippen LogP contribution in [0.1, 0.15) is 6.42 Å². The van der Waals surface area contributed by atoms with E-state index in [4.69, 9.17) is 6.42 Å². The second kappa shape index (κ2) is 3.32. The third-order valence-corrected chi connectivity index (χ3v) is 1.36. The van der Waals surface area contributed by atoms with Gasteiger partial charge in [0, 0.05) is 13.1 Å². The largest absolute Gasteiger partial charge is 0.288 e. The summed E-state index contributed by atoms with van der Waals surface area (Å²) in [5, 5.41) is 0. The molecule has 0 fully saturated rings. The Morgan fingerprint density at radius 3 is 3.22 bits per heavy atom. The van der Waals surface area contributed by atoms with Crippen molar-refractivity contribution in [3.8, 4) is 12.3 Å². The number of hydrogen-bond acceptors (Lipinski definition) is 1. The predicted octanol–water partition coefficient (Wildman–Crippen LogP) is 0.685. The van der Waals surface area contributed by atoms with E-state index in [1.807, 2.05) is 0 Å². The van der Waals surface area contributed by atoms with Crippen molar-refractivity contribution in [2.24, 2.45) is 0 Å². The minimum atomic E-state index is 0.765. The number of rotatable bonds is 1. The van der Waals surface area contributed by atoms with E-state index < -0.39 is 0 Å². The smallest absolute Gasteiger partial charge is 0.0601 e. The van der Waals surface area contributed by atoms with Crippen LogP contribution < -0.4 is 0 Å². The van der Waals surface area contributed by atoms with Gasteiger partial charge in [-0.05, 0) is 12.5 Å². The van der Waals surface area contributed by atoms with Crippen molar-refractivity contribution in [3.05, 3.63) is 12.2 Å². The van der Waals surface area contributed by atoms with E-state index in [2.05, 4.69) is 23.0 Å². The molecule has 0 atom stereocenters. The Hall–Kier alpha value is -0.740. The van der Waals surface area contributed by atoms with Gasteiger partial charge >= 0.3 is 0 Å². The molecule has 1 aliphatic heterocycles. The van der Waals surface area contributed by atoms with Crippen molar-refractivity contribution in [1.29, 1.82) is 0 Å². The van der Waals surface area contributed by atoms with Crippen molar-refractivity contribution in [1.82, 2.24) is 4.90 Å². The summed E-state index contributed by atoms with van der Waals surface area (Å²) >= 11 is 0. The Morgan fingerprint density at radius 2 is 2.67 bits per heavy atom. The zero-order chi connectivity index (χ0) is 6.53. The summed E-state index contributed by atoms with van der Waals surface area (Å²) in [6.07, 6.45) is 11.4. The first-order valence-electron chi connectivity index (χ1n) is 3.14. The average molecular weight is 120 g/mol. The summed E-state index contributed by atoms with van der Waals surface area (Å²) in [4.78, 5) is 2.19. The molecule has 1 aliphatic rings. The van der Waals surface area contributed by atoms with E-state index in [9.17, 15) is 0 Å². The topological polar surface area (TPSA) is 3.24 Å². The van der Waals surface area contributed by atoms with Crippen molar-refractivity contribution >= 4 is 0 Å². The summed E-state index contributed by atoms with van der Waals surface area (Å²) < 4.78 is 0. The van der Waals surface area contributed by atoms with Crippen LogP contribution in [0.15, 0.2) is 6.08 Å². The highest BCUT2D eigenvalue weighted by Crippen LogP contribution is 1.97. The lowest BCUT2D eigenvalue weighted by atomic mass is 10.2. The maximum Gasteiger partial charge on any atom is 0.0601 e. The van der Waals surface area contributed by atoms with Crippen molar-refractivity contribution < 1.29 is 0 Å². The molecule has 0 N–H and O–H groups in total. The summed E-state index contributed by atoms with van der Waals surface area (Å²) in [5.41, 5.74) is 0. The van der Waals surface area contributed by atoms with Gasteiger partial charge in [0.25, 0.3) is 0 Å². The van der Waals surface area contributed by atoms with Gasteiger partial charge in [0.05, 0.1) is 6.54 Å². The number of nitrogens with zero attached hydrogens (tertiary/aromatic N) is 1. The molecule has 0 spiro atoms. The quantitative estimate of drug-likeness (QED) is 0.460. The molecule has 1 heterocycles. The van der Waals surface area contributed by atoms with Crippen molar-refractivity contribution in [2.75, 3.05) is 19.6 Å². The van der Waals surface area contributed by atoms with Crippen LogP contribution in [0.2, 0.25) is 0 Å². The maximum absolute atomic E-state index is 5.13. The molecule has 1 radical (unpaired) electrons. The minimum absolute atomic E-state index is 0.765. The highest BCUT2D eigenvalue weighted by atomic mass is 15.1. The molecule has 0 aromatic carbocycles. The highest BCUT2D eigenvalue weighted by molar-refractivity contribution is 4.92. The van der Waals surface area contributed by atoms with Crippen LogP contribution in [0.5, 0.6) is 0 Å². The predicted molar refractivity (Wildman–Crippen MR) is 37.7 cm³/mol. The van der Waals surface area contributed by atoms with E-state index in [1.54, 1.807) is 0 Å². The molecule has 1 nitrogen and oxygen atoms in total. The zero-order valence-electron chi connectivity index (χ0n) is 5.43. The fourth-order valence-electron chi connectivity index (χ4n) is 0.886. The van der Waals surface area contributed by atoms with Crippen LogP contribution >= 0.6 is 0 Å². The molecule has 1 heteroatoms. The van der Waals surface area contributed by atoms with Gasteiger partial charge < -0.3 is 0 Å². The lowest BCUT2D eigenvalue weighted by Crippen LogP contribution is -2.27. The molecule has 0 aromatic rings. The van der Waals surface area contributed by atoms with Crippen LogP contribution in [0, 0.1) is 18.4 Å². The van der Waals surface area contributed by atoms with Crippen molar-refractivity contribution in [2.45, 2.75) is 6.42 Å². The third-order valence-electron chi connectivity index (χ3n) is 1.36. The molecule has 0 unspecified atom stereocenters. The summed E-state index contributed by atoms with van der Waals surface area (Å²) in [6.45, 7) is 2.77. The molecule has 0 bridgehead atoms. The van der Waals surface area contributed by atoms with E-state index >= 15 is 0 Å². The van der Waals surface area contributed by atoms with E-state index in [1.165, 1.54) is 0 Å². The SMILES string of the molecule is C#CCN1C[C]=CCC1. The highest BCUT2D eigenvalue weighted by Gasteiger charge is 2.02. The maximum atomic E-state index is 5.13. The molecule has 0 aliphatic carbocycles. The van der Waals surface area contributed by atoms with Gasteiger partial charge in [0.1, 0.15) is 0 Å². The minimum Gasteiger partial charge on any atom is -0.288 e. The van der Waals surface area contributed by atoms with Crippen molar-refractivity contribution in [3.63, 3.8) is 0 Å². The lowest BCUT2D eigenvalue weighted by molar-refractivity contribution is 0.331. The van der Waals surface area contributed by atoms with Gasteiger partial charge in [-0.2, -0.15) is 0 Å². The second-order valence-electron chi connectivity index (χ2n) is 2.11. The fraction of sp³-hybridized carbons (Fsp3) is 0.500.